The highest BCUT2D eigenvalue weighted by molar-refractivity contribution is 9.10. The fourth-order valence-electron chi connectivity index (χ4n) is 1.69. The summed E-state index contributed by atoms with van der Waals surface area (Å²) in [5, 5.41) is 2.60. The molecule has 2 rings (SSSR count). The number of carbonyl (C=O) groups excluding carboxylic acids is 3. The molecule has 2 N–H and O–H groups in total. The van der Waals surface area contributed by atoms with E-state index in [-0.39, 0.29) is 11.5 Å². The first-order chi connectivity index (χ1) is 10.5. The lowest BCUT2D eigenvalue weighted by atomic mass is 10.2. The SMILES string of the molecule is CC(=O)c1c[nH]c(C(=O)OCC(=O)Nc2cccc(Br)c2)c1. The number of esters is 1. The molecule has 6 nitrogen and oxygen atoms in total. The number of carbonyl (C=O) groups is 3. The van der Waals surface area contributed by atoms with Crippen molar-refractivity contribution in [3.05, 3.63) is 52.3 Å². The van der Waals surface area contributed by atoms with Gasteiger partial charge in [-0.2, -0.15) is 0 Å². The second-order valence-electron chi connectivity index (χ2n) is 4.49. The minimum atomic E-state index is -0.697. The molecule has 0 atom stereocenters. The van der Waals surface area contributed by atoms with Crippen LogP contribution in [-0.2, 0) is 9.53 Å². The van der Waals surface area contributed by atoms with Crippen molar-refractivity contribution < 1.29 is 19.1 Å². The summed E-state index contributed by atoms with van der Waals surface area (Å²) in [6.45, 7) is 0.976. The van der Waals surface area contributed by atoms with Crippen molar-refractivity contribution >= 4 is 39.3 Å². The van der Waals surface area contributed by atoms with Crippen LogP contribution in [0.25, 0.3) is 0 Å². The summed E-state index contributed by atoms with van der Waals surface area (Å²) in [6.07, 6.45) is 1.42. The highest BCUT2D eigenvalue weighted by Gasteiger charge is 2.13. The Balaban J connectivity index is 1.87. The molecule has 0 fully saturated rings. The summed E-state index contributed by atoms with van der Waals surface area (Å²) in [7, 11) is 0. The quantitative estimate of drug-likeness (QED) is 0.630. The van der Waals surface area contributed by atoms with Gasteiger partial charge in [0, 0.05) is 21.9 Å². The number of nitrogens with one attached hydrogen (secondary N) is 2. The van der Waals surface area contributed by atoms with Crippen molar-refractivity contribution in [1.82, 2.24) is 4.98 Å². The van der Waals surface area contributed by atoms with E-state index < -0.39 is 18.5 Å². The van der Waals surface area contributed by atoms with Gasteiger partial charge < -0.3 is 15.0 Å². The van der Waals surface area contributed by atoms with Crippen molar-refractivity contribution in [2.75, 3.05) is 11.9 Å². The number of H-pyrrole nitrogens is 1. The minimum Gasteiger partial charge on any atom is -0.451 e. The standard InChI is InChI=1S/C15H13BrN2O4/c1-9(19)10-5-13(17-7-10)15(21)22-8-14(20)18-12-4-2-3-11(16)6-12/h2-7,17H,8H2,1H3,(H,18,20). The summed E-state index contributed by atoms with van der Waals surface area (Å²) in [6, 6.07) is 8.43. The molecule has 7 heteroatoms. The van der Waals surface area contributed by atoms with E-state index in [4.69, 9.17) is 4.74 Å². The van der Waals surface area contributed by atoms with Crippen LogP contribution >= 0.6 is 15.9 Å². The molecule has 0 spiro atoms. The van der Waals surface area contributed by atoms with E-state index in [0.29, 0.717) is 11.3 Å². The highest BCUT2D eigenvalue weighted by atomic mass is 79.9. The number of hydrogen-bond acceptors (Lipinski definition) is 4. The first kappa shape index (κ1) is 16.0. The number of halogens is 1. The summed E-state index contributed by atoms with van der Waals surface area (Å²) >= 11 is 3.29. The van der Waals surface area contributed by atoms with E-state index in [2.05, 4.69) is 26.2 Å². The largest absolute Gasteiger partial charge is 0.451 e. The second kappa shape index (κ2) is 7.04. The number of aromatic nitrogens is 1. The maximum atomic E-state index is 11.7. The molecule has 1 heterocycles. The van der Waals surface area contributed by atoms with Gasteiger partial charge in [-0.1, -0.05) is 22.0 Å². The molecule has 1 aromatic carbocycles. The number of ketones is 1. The lowest BCUT2D eigenvalue weighted by molar-refractivity contribution is -0.119. The molecule has 0 aliphatic carbocycles. The first-order valence-electron chi connectivity index (χ1n) is 6.37. The Morgan fingerprint density at radius 1 is 1.27 bits per heavy atom. The number of aromatic amines is 1. The van der Waals surface area contributed by atoms with Crippen LogP contribution in [0.3, 0.4) is 0 Å². The third kappa shape index (κ3) is 4.29. The number of rotatable bonds is 5. The first-order valence-corrected chi connectivity index (χ1v) is 7.17. The molecule has 0 saturated heterocycles. The Labute approximate surface area is 135 Å². The summed E-state index contributed by atoms with van der Waals surface area (Å²) < 4.78 is 5.70. The molecular weight excluding hydrogens is 352 g/mol. The average molecular weight is 365 g/mol. The van der Waals surface area contributed by atoms with E-state index >= 15 is 0 Å². The van der Waals surface area contributed by atoms with E-state index in [1.807, 2.05) is 6.07 Å². The monoisotopic (exact) mass is 364 g/mol. The van der Waals surface area contributed by atoms with E-state index in [1.165, 1.54) is 19.2 Å². The maximum Gasteiger partial charge on any atom is 0.355 e. The predicted molar refractivity (Wildman–Crippen MR) is 83.9 cm³/mol. The van der Waals surface area contributed by atoms with Crippen LogP contribution in [0.2, 0.25) is 0 Å². The molecule has 0 aliphatic rings. The molecule has 22 heavy (non-hydrogen) atoms. The minimum absolute atomic E-state index is 0.125. The van der Waals surface area contributed by atoms with Gasteiger partial charge in [-0.3, -0.25) is 9.59 Å². The number of benzene rings is 1. The molecule has 0 radical (unpaired) electrons. The Hall–Kier alpha value is -2.41. The fraction of sp³-hybridized carbons (Fsp3) is 0.133. The summed E-state index contributed by atoms with van der Waals surface area (Å²) in [5.74, 6) is -1.32. The van der Waals surface area contributed by atoms with Crippen molar-refractivity contribution in [2.45, 2.75) is 6.92 Å². The van der Waals surface area contributed by atoms with E-state index in [1.54, 1.807) is 18.2 Å². The van der Waals surface area contributed by atoms with Crippen LogP contribution in [0.5, 0.6) is 0 Å². The number of anilines is 1. The fourth-order valence-corrected chi connectivity index (χ4v) is 2.09. The molecule has 2 aromatic rings. The van der Waals surface area contributed by atoms with E-state index in [9.17, 15) is 14.4 Å². The van der Waals surface area contributed by atoms with Crippen molar-refractivity contribution in [3.8, 4) is 0 Å². The normalized spacial score (nSPS) is 10.1. The molecule has 0 bridgehead atoms. The maximum absolute atomic E-state index is 11.7. The van der Waals surface area contributed by atoms with Crippen LogP contribution in [0.1, 0.15) is 27.8 Å². The summed E-state index contributed by atoms with van der Waals surface area (Å²) in [5.41, 5.74) is 1.10. The zero-order chi connectivity index (χ0) is 16.1. The van der Waals surface area contributed by atoms with Gasteiger partial charge in [0.15, 0.2) is 12.4 Å². The van der Waals surface area contributed by atoms with Gasteiger partial charge in [0.05, 0.1) is 0 Å². The van der Waals surface area contributed by atoms with Crippen LogP contribution in [0, 0.1) is 0 Å². The van der Waals surface area contributed by atoms with Gasteiger partial charge in [-0.15, -0.1) is 0 Å². The molecular formula is C15H13BrN2O4. The van der Waals surface area contributed by atoms with Gasteiger partial charge in [0.25, 0.3) is 5.91 Å². The number of amides is 1. The third-order valence-electron chi connectivity index (χ3n) is 2.75. The van der Waals surface area contributed by atoms with Crippen LogP contribution in [-0.4, -0.2) is 29.3 Å². The Morgan fingerprint density at radius 2 is 2.05 bits per heavy atom. The zero-order valence-electron chi connectivity index (χ0n) is 11.7. The van der Waals surface area contributed by atoms with Crippen LogP contribution in [0.4, 0.5) is 5.69 Å². The van der Waals surface area contributed by atoms with Crippen molar-refractivity contribution in [1.29, 1.82) is 0 Å². The molecule has 0 aliphatic heterocycles. The Bertz CT molecular complexity index is 724. The predicted octanol–water partition coefficient (Wildman–Crippen LogP) is 2.78. The molecule has 0 unspecified atom stereocenters. The lowest BCUT2D eigenvalue weighted by Gasteiger charge is -2.06. The molecule has 114 valence electrons. The van der Waals surface area contributed by atoms with Gasteiger partial charge in [0.2, 0.25) is 0 Å². The lowest BCUT2D eigenvalue weighted by Crippen LogP contribution is -2.21. The van der Waals surface area contributed by atoms with Crippen molar-refractivity contribution in [2.24, 2.45) is 0 Å². The highest BCUT2D eigenvalue weighted by Crippen LogP contribution is 2.15. The van der Waals surface area contributed by atoms with Crippen LogP contribution < -0.4 is 5.32 Å². The van der Waals surface area contributed by atoms with Gasteiger partial charge in [-0.05, 0) is 31.2 Å². The van der Waals surface area contributed by atoms with Gasteiger partial charge in [0.1, 0.15) is 5.69 Å². The average Bonchev–Trinajstić information content (AvgIpc) is 2.95. The van der Waals surface area contributed by atoms with E-state index in [0.717, 1.165) is 4.47 Å². The zero-order valence-corrected chi connectivity index (χ0v) is 13.3. The smallest absolute Gasteiger partial charge is 0.355 e. The van der Waals surface area contributed by atoms with Gasteiger partial charge in [-0.25, -0.2) is 4.79 Å². The number of hydrogen-bond donors (Lipinski definition) is 2. The topological polar surface area (TPSA) is 88.3 Å². The molecule has 1 amide bonds. The Morgan fingerprint density at radius 3 is 2.68 bits per heavy atom. The third-order valence-corrected chi connectivity index (χ3v) is 3.25. The Kier molecular flexibility index (Phi) is 5.11. The van der Waals surface area contributed by atoms with Crippen LogP contribution in [0.15, 0.2) is 41.0 Å². The molecule has 0 saturated carbocycles. The summed E-state index contributed by atoms with van der Waals surface area (Å²) in [4.78, 5) is 37.2. The number of ether oxygens (including phenoxy) is 1. The van der Waals surface area contributed by atoms with Crippen molar-refractivity contribution in [3.63, 3.8) is 0 Å². The van der Waals surface area contributed by atoms with Gasteiger partial charge >= 0.3 is 5.97 Å². The number of Topliss-reactive ketones (excluding diaryl/α,β-unsaturated/α-hetero) is 1. The molecule has 1 aromatic heterocycles. The second-order valence-corrected chi connectivity index (χ2v) is 5.41.